The van der Waals surface area contributed by atoms with Gasteiger partial charge in [0.05, 0.1) is 23.4 Å². The summed E-state index contributed by atoms with van der Waals surface area (Å²) in [4.78, 5) is 0. The molecule has 0 unspecified atom stereocenters. The second kappa shape index (κ2) is 7.34. The molecule has 168 valence electrons. The fourth-order valence-corrected chi connectivity index (χ4v) is 5.11. The van der Waals surface area contributed by atoms with E-state index in [9.17, 15) is 2.74 Å². The van der Waals surface area contributed by atoms with Crippen LogP contribution in [0.2, 0.25) is 0 Å². The number of nitrogens with zero attached hydrogens (tertiary/aromatic N) is 1. The van der Waals surface area contributed by atoms with Crippen molar-refractivity contribution in [2.75, 3.05) is 0 Å². The summed E-state index contributed by atoms with van der Waals surface area (Å²) < 4.78 is 86.4. The maximum absolute atomic E-state index is 9.46. The molecule has 0 aliphatic carbocycles. The van der Waals surface area contributed by atoms with Gasteiger partial charge in [0.15, 0.2) is 0 Å². The molecule has 0 atom stereocenters. The highest BCUT2D eigenvalue weighted by Gasteiger charge is 2.21. The van der Waals surface area contributed by atoms with Gasteiger partial charge in [0.1, 0.15) is 11.5 Å². The maximum atomic E-state index is 9.46. The van der Waals surface area contributed by atoms with Crippen LogP contribution >= 0.6 is 0 Å². The maximum Gasteiger partial charge on any atom is 0.135 e. The molecule has 2 heterocycles. The van der Waals surface area contributed by atoms with Gasteiger partial charge in [0.2, 0.25) is 0 Å². The highest BCUT2D eigenvalue weighted by Crippen LogP contribution is 2.48. The molecule has 36 heavy (non-hydrogen) atoms. The van der Waals surface area contributed by atoms with Crippen molar-refractivity contribution in [1.29, 1.82) is 0 Å². The Morgan fingerprint density at radius 3 is 2.36 bits per heavy atom. The monoisotopic (exact) mass is 468 g/mol. The van der Waals surface area contributed by atoms with Crippen molar-refractivity contribution < 1.29 is 17.1 Å². The Kier molecular flexibility index (Phi) is 2.60. The second-order valence-electron chi connectivity index (χ2n) is 8.68. The molecule has 0 bridgehead atoms. The molecule has 0 radical (unpaired) electrons. The van der Waals surface area contributed by atoms with Crippen LogP contribution in [-0.4, -0.2) is 4.57 Å². The van der Waals surface area contributed by atoms with E-state index in [1.54, 1.807) is 6.07 Å². The predicted molar refractivity (Wildman–Crippen MR) is 149 cm³/mol. The number of hydrogen-bond acceptors (Lipinski definition) is 1. The topological polar surface area (TPSA) is 14.2 Å². The number of hydrogen-bond donors (Lipinski definition) is 0. The van der Waals surface area contributed by atoms with Gasteiger partial charge in [-0.3, -0.25) is 0 Å². The van der Waals surface area contributed by atoms with Crippen molar-refractivity contribution in [3.63, 3.8) is 0 Å². The summed E-state index contributed by atoms with van der Waals surface area (Å²) >= 11 is 0. The van der Waals surface area contributed by atoms with E-state index in [1.807, 2.05) is 66.7 Å². The summed E-state index contributed by atoms with van der Waals surface area (Å²) in [5.74, 6) is -0.451. The lowest BCUT2D eigenvalue weighted by Gasteiger charge is -2.22. The summed E-state index contributed by atoms with van der Waals surface area (Å²) in [5, 5.41) is 1.87. The molecular formula is C34H21NO. The van der Waals surface area contributed by atoms with Crippen molar-refractivity contribution in [2.24, 2.45) is 0 Å². The third kappa shape index (κ3) is 2.73. The van der Waals surface area contributed by atoms with E-state index in [1.165, 1.54) is 0 Å². The lowest BCUT2D eigenvalue weighted by Crippen LogP contribution is -1.97. The van der Waals surface area contributed by atoms with Gasteiger partial charge in [0.25, 0.3) is 0 Å². The van der Waals surface area contributed by atoms with Crippen LogP contribution in [0.15, 0.2) is 127 Å². The zero-order valence-electron chi connectivity index (χ0n) is 27.8. The average molecular weight is 469 g/mol. The van der Waals surface area contributed by atoms with E-state index in [-0.39, 0.29) is 57.1 Å². The summed E-state index contributed by atoms with van der Waals surface area (Å²) in [6, 6.07) is 19.8. The van der Waals surface area contributed by atoms with E-state index in [0.717, 1.165) is 27.5 Å². The summed E-state index contributed by atoms with van der Waals surface area (Å²) in [6.45, 7) is 0. The molecule has 6 aromatic carbocycles. The zero-order valence-corrected chi connectivity index (χ0v) is 18.8. The van der Waals surface area contributed by atoms with Gasteiger partial charge >= 0.3 is 0 Å². The van der Waals surface area contributed by atoms with Crippen molar-refractivity contribution in [1.82, 2.24) is 4.57 Å². The van der Waals surface area contributed by atoms with E-state index in [0.29, 0.717) is 5.56 Å². The lowest BCUT2D eigenvalue weighted by molar-refractivity contribution is 0.487. The molecular weight excluding hydrogens is 438 g/mol. The first kappa shape index (κ1) is 12.8. The SMILES string of the molecule is [2H]c1c([2H])c([2H])c2c(c1[2H])Oc1c([2H])c([2H])c([2H])c3c([2H])c(-c4ccc5c(c4)c4ccccc4n5-c4ccccc4)c([2H])c-2c13. The van der Waals surface area contributed by atoms with E-state index in [2.05, 4.69) is 4.57 Å². The first-order chi connectivity index (χ1) is 21.6. The van der Waals surface area contributed by atoms with Crippen LogP contribution in [0.3, 0.4) is 0 Å². The number of ether oxygens (including phenoxy) is 1. The Hall–Kier alpha value is -4.82. The third-order valence-electron chi connectivity index (χ3n) is 6.67. The first-order valence-corrected chi connectivity index (χ1v) is 11.6. The van der Waals surface area contributed by atoms with Crippen molar-refractivity contribution in [3.05, 3.63) is 127 Å². The Morgan fingerprint density at radius 1 is 0.611 bits per heavy atom. The van der Waals surface area contributed by atoms with Crippen LogP contribution in [0, 0.1) is 0 Å². The normalized spacial score (nSPS) is 15.6. The number of rotatable bonds is 2. The van der Waals surface area contributed by atoms with E-state index in [4.69, 9.17) is 14.3 Å². The molecule has 1 aliphatic heterocycles. The molecule has 1 aliphatic rings. The largest absolute Gasteiger partial charge is 0.456 e. The fourth-order valence-electron chi connectivity index (χ4n) is 5.11. The van der Waals surface area contributed by atoms with Crippen LogP contribution in [0.5, 0.6) is 11.5 Å². The molecule has 1 aromatic heterocycles. The lowest BCUT2D eigenvalue weighted by atomic mass is 9.90. The summed E-state index contributed by atoms with van der Waals surface area (Å²) in [6.07, 6.45) is 0. The van der Waals surface area contributed by atoms with Crippen molar-refractivity contribution in [2.45, 2.75) is 0 Å². The smallest absolute Gasteiger partial charge is 0.135 e. The average Bonchev–Trinajstić information content (AvgIpc) is 3.38. The molecule has 0 N–H and O–H groups in total. The van der Waals surface area contributed by atoms with Crippen LogP contribution in [0.25, 0.3) is 60.5 Å². The molecule has 2 nitrogen and oxygen atoms in total. The minimum Gasteiger partial charge on any atom is -0.456 e. The standard InChI is InChI=1S/C34H21NO/c1-2-10-25(11-3-1)35-30-14-6-4-12-26(30)28-20-22(17-18-31(28)35)24-19-23-9-8-16-33-34(23)29(21-24)27-13-5-7-15-32(27)36-33/h1-21H/i5D,7D,8D,9D,13D,15D,16D,19D,21D. The third-order valence-corrected chi connectivity index (χ3v) is 6.67. The highest BCUT2D eigenvalue weighted by molar-refractivity contribution is 6.11. The predicted octanol–water partition coefficient (Wildman–Crippen LogP) is 9.38. The highest BCUT2D eigenvalue weighted by atomic mass is 16.5. The van der Waals surface area contributed by atoms with Gasteiger partial charge in [-0.15, -0.1) is 0 Å². The van der Waals surface area contributed by atoms with Crippen molar-refractivity contribution >= 4 is 32.6 Å². The second-order valence-corrected chi connectivity index (χ2v) is 8.68. The van der Waals surface area contributed by atoms with Gasteiger partial charge in [-0.05, 0) is 76.6 Å². The molecule has 0 fully saturated rings. The number of aromatic nitrogens is 1. The van der Waals surface area contributed by atoms with Gasteiger partial charge in [-0.2, -0.15) is 0 Å². The minimum absolute atomic E-state index is 0.0168. The molecule has 0 saturated carbocycles. The van der Waals surface area contributed by atoms with E-state index < -0.39 is 36.3 Å². The van der Waals surface area contributed by atoms with E-state index >= 15 is 0 Å². The molecule has 0 saturated heterocycles. The van der Waals surface area contributed by atoms with Gasteiger partial charge < -0.3 is 9.30 Å². The first-order valence-electron chi connectivity index (χ1n) is 16.1. The minimum atomic E-state index is -0.530. The molecule has 8 rings (SSSR count). The van der Waals surface area contributed by atoms with Crippen LogP contribution in [0.1, 0.15) is 12.3 Å². The number of benzene rings is 6. The van der Waals surface area contributed by atoms with Gasteiger partial charge in [-0.1, -0.05) is 72.7 Å². The van der Waals surface area contributed by atoms with Gasteiger partial charge in [-0.25, -0.2) is 0 Å². The molecule has 2 heteroatoms. The molecule has 0 amide bonds. The zero-order chi connectivity index (χ0) is 31.5. The van der Waals surface area contributed by atoms with Crippen molar-refractivity contribution in [3.8, 4) is 39.4 Å². The summed E-state index contributed by atoms with van der Waals surface area (Å²) in [5.41, 5.74) is 3.49. The molecule has 7 aromatic rings. The van der Waals surface area contributed by atoms with Crippen LogP contribution in [0.4, 0.5) is 0 Å². The van der Waals surface area contributed by atoms with Gasteiger partial charge in [0, 0.05) is 27.4 Å². The van der Waals surface area contributed by atoms with Crippen LogP contribution in [-0.2, 0) is 0 Å². The Balaban J connectivity index is 1.52. The Labute approximate surface area is 221 Å². The quantitative estimate of drug-likeness (QED) is 0.246. The molecule has 0 spiro atoms. The number of fused-ring (bicyclic) bond motifs is 5. The Bertz CT molecular complexity index is 2450. The van der Waals surface area contributed by atoms with Crippen LogP contribution < -0.4 is 4.74 Å². The fraction of sp³-hybridized carbons (Fsp3) is 0. The number of para-hydroxylation sites is 3. The Morgan fingerprint density at radius 2 is 1.42 bits per heavy atom. The summed E-state index contributed by atoms with van der Waals surface area (Å²) in [7, 11) is 0.